The number of amides is 2. The molecule has 4 rings (SSSR count). The highest BCUT2D eigenvalue weighted by atomic mass is 16.4. The normalized spacial score (nSPS) is 14.9. The zero-order valence-electron chi connectivity index (χ0n) is 21.0. The van der Waals surface area contributed by atoms with Gasteiger partial charge in [0.05, 0.1) is 30.5 Å². The molecular weight excluding hydrogens is 464 g/mol. The maximum atomic E-state index is 12.8. The summed E-state index contributed by atoms with van der Waals surface area (Å²) in [5, 5.41) is 17.9. The number of carboxylic acids is 1. The number of furan rings is 1. The van der Waals surface area contributed by atoms with Crippen molar-refractivity contribution in [3.8, 4) is 0 Å². The van der Waals surface area contributed by atoms with Crippen LogP contribution in [0.25, 0.3) is 21.9 Å². The molecule has 9 heteroatoms. The van der Waals surface area contributed by atoms with Gasteiger partial charge in [-0.1, -0.05) is 20.3 Å². The molecule has 1 aliphatic carbocycles. The van der Waals surface area contributed by atoms with Gasteiger partial charge >= 0.3 is 5.63 Å². The second kappa shape index (κ2) is 10.2. The van der Waals surface area contributed by atoms with Gasteiger partial charge in [-0.05, 0) is 50.7 Å². The van der Waals surface area contributed by atoms with E-state index in [4.69, 9.17) is 8.83 Å². The number of hydrogen-bond acceptors (Lipinski definition) is 7. The number of fused-ring (bicyclic) bond motifs is 4. The number of carboxylic acid groups (broad SMARTS) is 1. The van der Waals surface area contributed by atoms with Gasteiger partial charge in [0.2, 0.25) is 11.8 Å². The van der Waals surface area contributed by atoms with Crippen LogP contribution in [-0.2, 0) is 33.6 Å². The van der Waals surface area contributed by atoms with Crippen molar-refractivity contribution in [3.63, 3.8) is 0 Å². The molecule has 0 bridgehead atoms. The summed E-state index contributed by atoms with van der Waals surface area (Å²) < 4.78 is 11.8. The number of carbonyl (C=O) groups is 3. The molecule has 2 aromatic heterocycles. The largest absolute Gasteiger partial charge is 0.548 e. The van der Waals surface area contributed by atoms with E-state index in [9.17, 15) is 24.3 Å². The van der Waals surface area contributed by atoms with E-state index < -0.39 is 36.0 Å². The molecule has 0 radical (unpaired) electrons. The Morgan fingerprint density at radius 1 is 1.03 bits per heavy atom. The quantitative estimate of drug-likeness (QED) is 0.455. The van der Waals surface area contributed by atoms with Crippen LogP contribution in [0.4, 0.5) is 0 Å². The molecule has 0 saturated carbocycles. The zero-order chi connectivity index (χ0) is 26.1. The van der Waals surface area contributed by atoms with E-state index in [2.05, 4.69) is 10.6 Å². The first-order valence-electron chi connectivity index (χ1n) is 12.4. The first-order chi connectivity index (χ1) is 17.1. The van der Waals surface area contributed by atoms with Crippen molar-refractivity contribution in [1.29, 1.82) is 0 Å². The second-order valence-corrected chi connectivity index (χ2v) is 9.66. The highest BCUT2D eigenvalue weighted by Crippen LogP contribution is 2.37. The summed E-state index contributed by atoms with van der Waals surface area (Å²) in [6.45, 7) is 6.73. The highest BCUT2D eigenvalue weighted by molar-refractivity contribution is 6.00. The molecule has 2 heterocycles. The number of hydrogen-bond donors (Lipinski definition) is 2. The van der Waals surface area contributed by atoms with Gasteiger partial charge in [0, 0.05) is 28.3 Å². The van der Waals surface area contributed by atoms with Gasteiger partial charge in [-0.15, -0.1) is 0 Å². The molecule has 2 amide bonds. The summed E-state index contributed by atoms with van der Waals surface area (Å²) in [4.78, 5) is 48.9. The number of aliphatic carboxylic acids is 1. The Kier molecular flexibility index (Phi) is 7.19. The third kappa shape index (κ3) is 4.74. The van der Waals surface area contributed by atoms with Crippen molar-refractivity contribution >= 4 is 39.7 Å². The van der Waals surface area contributed by atoms with Crippen molar-refractivity contribution < 1.29 is 28.3 Å². The second-order valence-electron chi connectivity index (χ2n) is 9.66. The molecule has 0 unspecified atom stereocenters. The molecule has 0 saturated heterocycles. The predicted molar refractivity (Wildman–Crippen MR) is 131 cm³/mol. The fourth-order valence-corrected chi connectivity index (χ4v) is 4.92. The van der Waals surface area contributed by atoms with Gasteiger partial charge in [-0.3, -0.25) is 9.59 Å². The van der Waals surface area contributed by atoms with E-state index in [0.717, 1.165) is 53.4 Å². The van der Waals surface area contributed by atoms with Crippen LogP contribution in [0.15, 0.2) is 19.7 Å². The highest BCUT2D eigenvalue weighted by Gasteiger charge is 2.24. The lowest BCUT2D eigenvalue weighted by Gasteiger charge is -2.25. The molecule has 0 aliphatic heterocycles. The lowest BCUT2D eigenvalue weighted by Crippen LogP contribution is -2.53. The number of benzene rings is 1. The number of nitrogens with one attached hydrogen (secondary N) is 2. The maximum absolute atomic E-state index is 12.8. The zero-order valence-corrected chi connectivity index (χ0v) is 21.0. The third-order valence-corrected chi connectivity index (χ3v) is 7.29. The fourth-order valence-electron chi connectivity index (χ4n) is 4.92. The number of rotatable bonds is 8. The smallest absolute Gasteiger partial charge is 0.340 e. The topological polar surface area (TPSA) is 142 Å². The van der Waals surface area contributed by atoms with Crippen LogP contribution in [0.2, 0.25) is 0 Å². The molecule has 1 aliphatic rings. The fraction of sp³-hybridized carbons (Fsp3) is 0.481. The Balaban J connectivity index is 1.55. The first-order valence-corrected chi connectivity index (χ1v) is 12.4. The lowest BCUT2D eigenvalue weighted by atomic mass is 9.93. The minimum atomic E-state index is -1.38. The van der Waals surface area contributed by atoms with Crippen LogP contribution < -0.4 is 21.4 Å². The summed E-state index contributed by atoms with van der Waals surface area (Å²) >= 11 is 0. The Bertz CT molecular complexity index is 1420. The Morgan fingerprint density at radius 3 is 2.42 bits per heavy atom. The van der Waals surface area contributed by atoms with Crippen LogP contribution in [0.3, 0.4) is 0 Å². The molecule has 3 aromatic rings. The average molecular weight is 496 g/mol. The van der Waals surface area contributed by atoms with Crippen molar-refractivity contribution in [2.45, 2.75) is 72.3 Å². The Morgan fingerprint density at radius 2 is 1.72 bits per heavy atom. The molecule has 1 aromatic carbocycles. The number of aryl methyl sites for hydroxylation is 4. The summed E-state index contributed by atoms with van der Waals surface area (Å²) in [5.41, 5.74) is 3.37. The summed E-state index contributed by atoms with van der Waals surface area (Å²) in [6, 6.07) is 0.830. The maximum Gasteiger partial charge on any atom is 0.340 e. The molecule has 0 fully saturated rings. The predicted octanol–water partition coefficient (Wildman–Crippen LogP) is 1.97. The lowest BCUT2D eigenvalue weighted by molar-refractivity contribution is -0.309. The van der Waals surface area contributed by atoms with Crippen molar-refractivity contribution in [3.05, 3.63) is 44.5 Å². The molecule has 0 spiro atoms. The van der Waals surface area contributed by atoms with Gasteiger partial charge in [0.25, 0.3) is 0 Å². The van der Waals surface area contributed by atoms with Crippen LogP contribution in [0.1, 0.15) is 61.1 Å². The molecular formula is C27H31N2O7-. The summed E-state index contributed by atoms with van der Waals surface area (Å²) in [7, 11) is 0. The van der Waals surface area contributed by atoms with Gasteiger partial charge in [-0.25, -0.2) is 4.79 Å². The Hall–Kier alpha value is -3.62. The van der Waals surface area contributed by atoms with Gasteiger partial charge in [0.15, 0.2) is 0 Å². The van der Waals surface area contributed by atoms with E-state index in [-0.39, 0.29) is 17.9 Å². The van der Waals surface area contributed by atoms with Crippen molar-refractivity contribution in [2.75, 3.05) is 6.54 Å². The number of carbonyl (C=O) groups excluding carboxylic acids is 3. The van der Waals surface area contributed by atoms with E-state index in [1.807, 2.05) is 13.0 Å². The standard InChI is InChI=1S/C27H32N2O7/c1-5-13(2)23(26(32)33)29-22(31)12-28-21(30)11-18-14(3)17-10-19-16-8-6-7-9-20(16)35-25(19)15(4)24(17)36-27(18)34/h10,13,23H,5-9,11-12H2,1-4H3,(H,28,30)(H,29,31)(H,32,33)/p-1/t13-,23+/m1/s1. The van der Waals surface area contributed by atoms with E-state index in [0.29, 0.717) is 17.6 Å². The van der Waals surface area contributed by atoms with Crippen molar-refractivity contribution in [1.82, 2.24) is 10.6 Å². The Labute approximate surface area is 208 Å². The third-order valence-electron chi connectivity index (χ3n) is 7.29. The minimum Gasteiger partial charge on any atom is -0.548 e. The first kappa shape index (κ1) is 25.5. The molecule has 2 atom stereocenters. The SMILES string of the molecule is CC[C@@H](C)[C@H](NC(=O)CNC(=O)Cc1c(C)c2cc3c4c(oc3c(C)c2oc1=O)CCCC4)C(=O)[O-]. The van der Waals surface area contributed by atoms with E-state index in [1.165, 1.54) is 5.56 Å². The van der Waals surface area contributed by atoms with Crippen LogP contribution >= 0.6 is 0 Å². The average Bonchev–Trinajstić information content (AvgIpc) is 3.23. The van der Waals surface area contributed by atoms with E-state index >= 15 is 0 Å². The van der Waals surface area contributed by atoms with Crippen molar-refractivity contribution in [2.24, 2.45) is 5.92 Å². The minimum absolute atomic E-state index is 0.212. The van der Waals surface area contributed by atoms with Gasteiger partial charge in [0.1, 0.15) is 16.9 Å². The molecule has 2 N–H and O–H groups in total. The van der Waals surface area contributed by atoms with Crippen LogP contribution in [0, 0.1) is 19.8 Å². The van der Waals surface area contributed by atoms with Crippen LogP contribution in [-0.4, -0.2) is 30.4 Å². The van der Waals surface area contributed by atoms with Gasteiger partial charge < -0.3 is 29.4 Å². The van der Waals surface area contributed by atoms with Gasteiger partial charge in [-0.2, -0.15) is 0 Å². The summed E-state index contributed by atoms with van der Waals surface area (Å²) in [6.07, 6.45) is 4.28. The summed E-state index contributed by atoms with van der Waals surface area (Å²) in [5.74, 6) is -1.91. The molecule has 36 heavy (non-hydrogen) atoms. The molecule has 9 nitrogen and oxygen atoms in total. The van der Waals surface area contributed by atoms with Crippen LogP contribution in [0.5, 0.6) is 0 Å². The van der Waals surface area contributed by atoms with E-state index in [1.54, 1.807) is 20.8 Å². The molecule has 192 valence electrons. The monoisotopic (exact) mass is 495 g/mol.